The Labute approximate surface area is 134 Å². The van der Waals surface area contributed by atoms with Crippen LogP contribution in [0.4, 0.5) is 11.5 Å². The zero-order valence-corrected chi connectivity index (χ0v) is 13.4. The average Bonchev–Trinajstić information content (AvgIpc) is 2.53. The number of thioether (sulfide) groups is 1. The van der Waals surface area contributed by atoms with Crippen LogP contribution in [0.25, 0.3) is 0 Å². The number of amides is 2. The van der Waals surface area contributed by atoms with Crippen LogP contribution in [-0.4, -0.2) is 54.5 Å². The van der Waals surface area contributed by atoms with Gasteiger partial charge in [-0.25, -0.2) is 4.98 Å². The molecule has 0 radical (unpaired) electrons. The van der Waals surface area contributed by atoms with Gasteiger partial charge in [0.05, 0.1) is 24.5 Å². The molecule has 0 aromatic carbocycles. The van der Waals surface area contributed by atoms with Crippen molar-refractivity contribution in [3.63, 3.8) is 0 Å². The number of nitrogens with two attached hydrogens (primary N) is 1. The van der Waals surface area contributed by atoms with Gasteiger partial charge in [0, 0.05) is 13.1 Å². The van der Waals surface area contributed by atoms with Gasteiger partial charge in [0.15, 0.2) is 0 Å². The zero-order chi connectivity index (χ0) is 15.9. The monoisotopic (exact) mass is 323 g/mol. The molecule has 0 unspecified atom stereocenters. The maximum Gasteiger partial charge on any atom is 0.241 e. The van der Waals surface area contributed by atoms with Crippen LogP contribution in [-0.2, 0) is 9.59 Å². The number of hydrogen-bond acceptors (Lipinski definition) is 6. The molecule has 2 heterocycles. The number of aromatic nitrogens is 1. The fraction of sp³-hybridized carbons (Fsp3) is 0.500. The highest BCUT2D eigenvalue weighted by molar-refractivity contribution is 7.98. The maximum atomic E-state index is 11.9. The van der Waals surface area contributed by atoms with Gasteiger partial charge in [0.1, 0.15) is 5.82 Å². The molecule has 1 aromatic rings. The molecular weight excluding hydrogens is 302 g/mol. The van der Waals surface area contributed by atoms with Crippen molar-refractivity contribution in [2.24, 2.45) is 5.73 Å². The number of piperazine rings is 1. The minimum Gasteiger partial charge on any atom is -0.353 e. The molecule has 0 spiro atoms. The molecule has 120 valence electrons. The van der Waals surface area contributed by atoms with Crippen molar-refractivity contribution in [2.45, 2.75) is 12.5 Å². The number of hydrogen-bond donors (Lipinski definition) is 3. The van der Waals surface area contributed by atoms with Gasteiger partial charge >= 0.3 is 0 Å². The number of carbonyl (C=O) groups excluding carboxylic acids is 2. The second-order valence-electron chi connectivity index (χ2n) is 5.05. The molecule has 22 heavy (non-hydrogen) atoms. The van der Waals surface area contributed by atoms with Crippen molar-refractivity contribution in [1.29, 1.82) is 0 Å². The number of rotatable bonds is 6. The van der Waals surface area contributed by atoms with E-state index in [1.807, 2.05) is 11.2 Å². The standard InChI is InChI=1S/C14H21N5O2S/c1-22-7-4-11(15)14(21)18-10-2-3-12(17-8-10)19-6-5-16-13(20)9-19/h2-3,8,11H,4-7,9,15H2,1H3,(H,16,20)(H,18,21)/t11-/m0/s1. The highest BCUT2D eigenvalue weighted by Gasteiger charge is 2.18. The third-order valence-electron chi connectivity index (χ3n) is 3.35. The van der Waals surface area contributed by atoms with Gasteiger partial charge in [-0.1, -0.05) is 0 Å². The normalized spacial score (nSPS) is 16.1. The van der Waals surface area contributed by atoms with Crippen LogP contribution in [0, 0.1) is 0 Å². The Morgan fingerprint density at radius 1 is 1.59 bits per heavy atom. The van der Waals surface area contributed by atoms with Gasteiger partial charge in [-0.2, -0.15) is 11.8 Å². The third-order valence-corrected chi connectivity index (χ3v) is 3.99. The van der Waals surface area contributed by atoms with Crippen LogP contribution >= 0.6 is 11.8 Å². The first-order valence-electron chi connectivity index (χ1n) is 7.13. The predicted octanol–water partition coefficient (Wildman–Crippen LogP) is 0.0367. The van der Waals surface area contributed by atoms with Crippen molar-refractivity contribution in [3.05, 3.63) is 18.3 Å². The summed E-state index contributed by atoms with van der Waals surface area (Å²) in [7, 11) is 0. The van der Waals surface area contributed by atoms with Gasteiger partial charge in [-0.05, 0) is 30.6 Å². The van der Waals surface area contributed by atoms with Gasteiger partial charge in [0.25, 0.3) is 0 Å². The van der Waals surface area contributed by atoms with Crippen LogP contribution < -0.4 is 21.3 Å². The third kappa shape index (κ3) is 4.60. The lowest BCUT2D eigenvalue weighted by Gasteiger charge is -2.27. The minimum atomic E-state index is -0.516. The molecule has 7 nitrogen and oxygen atoms in total. The van der Waals surface area contributed by atoms with Gasteiger partial charge in [0.2, 0.25) is 11.8 Å². The zero-order valence-electron chi connectivity index (χ0n) is 12.5. The highest BCUT2D eigenvalue weighted by Crippen LogP contribution is 2.15. The number of carbonyl (C=O) groups is 2. The summed E-state index contributed by atoms with van der Waals surface area (Å²) in [4.78, 5) is 29.5. The molecule has 1 fully saturated rings. The lowest BCUT2D eigenvalue weighted by Crippen LogP contribution is -2.48. The molecule has 1 saturated heterocycles. The Morgan fingerprint density at radius 2 is 2.41 bits per heavy atom. The highest BCUT2D eigenvalue weighted by atomic mass is 32.2. The van der Waals surface area contributed by atoms with E-state index in [9.17, 15) is 9.59 Å². The minimum absolute atomic E-state index is 0.00908. The lowest BCUT2D eigenvalue weighted by atomic mass is 10.2. The Morgan fingerprint density at radius 3 is 3.05 bits per heavy atom. The molecule has 1 atom stereocenters. The summed E-state index contributed by atoms with van der Waals surface area (Å²) in [6.45, 7) is 1.64. The van der Waals surface area contributed by atoms with E-state index in [0.717, 1.165) is 18.1 Å². The number of pyridine rings is 1. The Kier molecular flexibility index (Phi) is 6.02. The second-order valence-corrected chi connectivity index (χ2v) is 6.04. The van der Waals surface area contributed by atoms with Crippen molar-refractivity contribution in [1.82, 2.24) is 10.3 Å². The van der Waals surface area contributed by atoms with Gasteiger partial charge in [-0.15, -0.1) is 0 Å². The molecule has 0 bridgehead atoms. The molecule has 8 heteroatoms. The molecule has 0 aliphatic carbocycles. The Balaban J connectivity index is 1.91. The van der Waals surface area contributed by atoms with E-state index in [1.165, 1.54) is 0 Å². The SMILES string of the molecule is CSCC[C@H](N)C(=O)Nc1ccc(N2CCNC(=O)C2)nc1. The van der Waals surface area contributed by atoms with Crippen LogP contribution in [0.3, 0.4) is 0 Å². The summed E-state index contributed by atoms with van der Waals surface area (Å²) in [5.74, 6) is 1.36. The lowest BCUT2D eigenvalue weighted by molar-refractivity contribution is -0.120. The summed E-state index contributed by atoms with van der Waals surface area (Å²) in [6, 6.07) is 3.05. The molecule has 0 saturated carbocycles. The Bertz CT molecular complexity index is 522. The van der Waals surface area contributed by atoms with Crippen LogP contribution in [0.1, 0.15) is 6.42 Å². The average molecular weight is 323 g/mol. The smallest absolute Gasteiger partial charge is 0.241 e. The van der Waals surface area contributed by atoms with E-state index in [0.29, 0.717) is 25.2 Å². The number of nitrogens with zero attached hydrogens (tertiary/aromatic N) is 2. The number of nitrogens with one attached hydrogen (secondary N) is 2. The second kappa shape index (κ2) is 8.00. The quantitative estimate of drug-likeness (QED) is 0.683. The predicted molar refractivity (Wildman–Crippen MR) is 89.1 cm³/mol. The van der Waals surface area contributed by atoms with Gasteiger partial charge in [-0.3, -0.25) is 9.59 Å². The fourth-order valence-electron chi connectivity index (χ4n) is 2.09. The maximum absolute atomic E-state index is 11.9. The van der Waals surface area contributed by atoms with E-state index >= 15 is 0 Å². The summed E-state index contributed by atoms with van der Waals surface area (Å²) >= 11 is 1.66. The van der Waals surface area contributed by atoms with E-state index in [4.69, 9.17) is 5.73 Å². The molecule has 1 aliphatic heterocycles. The van der Waals surface area contributed by atoms with Crippen molar-refractivity contribution in [3.8, 4) is 0 Å². The van der Waals surface area contributed by atoms with Crippen LogP contribution in [0.5, 0.6) is 0 Å². The van der Waals surface area contributed by atoms with E-state index < -0.39 is 6.04 Å². The first-order valence-corrected chi connectivity index (χ1v) is 8.52. The van der Waals surface area contributed by atoms with E-state index in [-0.39, 0.29) is 11.8 Å². The van der Waals surface area contributed by atoms with E-state index in [1.54, 1.807) is 30.1 Å². The Hall–Kier alpha value is -1.80. The van der Waals surface area contributed by atoms with Crippen LogP contribution in [0.15, 0.2) is 18.3 Å². The molecule has 4 N–H and O–H groups in total. The number of anilines is 2. The molecule has 1 aliphatic rings. The topological polar surface area (TPSA) is 100 Å². The van der Waals surface area contributed by atoms with Gasteiger partial charge < -0.3 is 21.3 Å². The summed E-state index contributed by atoms with van der Waals surface area (Å²) < 4.78 is 0. The largest absolute Gasteiger partial charge is 0.353 e. The molecule has 1 aromatic heterocycles. The molecule has 2 rings (SSSR count). The fourth-order valence-corrected chi connectivity index (χ4v) is 2.58. The first kappa shape index (κ1) is 16.6. The molecular formula is C14H21N5O2S. The molecule has 2 amide bonds. The summed E-state index contributed by atoms with van der Waals surface area (Å²) in [5.41, 5.74) is 6.42. The first-order chi connectivity index (χ1) is 10.6. The summed E-state index contributed by atoms with van der Waals surface area (Å²) in [6.07, 6.45) is 4.20. The van der Waals surface area contributed by atoms with Crippen molar-refractivity contribution in [2.75, 3.05) is 41.9 Å². The van der Waals surface area contributed by atoms with E-state index in [2.05, 4.69) is 15.6 Å². The summed E-state index contributed by atoms with van der Waals surface area (Å²) in [5, 5.41) is 5.52. The van der Waals surface area contributed by atoms with Crippen molar-refractivity contribution < 1.29 is 9.59 Å². The van der Waals surface area contributed by atoms with Crippen molar-refractivity contribution >= 4 is 35.1 Å². The van der Waals surface area contributed by atoms with Crippen LogP contribution in [0.2, 0.25) is 0 Å².